The number of halogens is 1. The zero-order valence-corrected chi connectivity index (χ0v) is 13.1. The number of carbonyl (C=O) groups excluding carboxylic acids is 1. The normalized spacial score (nSPS) is 11.6. The lowest BCUT2D eigenvalue weighted by Gasteiger charge is -2.17. The van der Waals surface area contributed by atoms with Gasteiger partial charge in [0.15, 0.2) is 0 Å². The molecule has 1 aromatic carbocycles. The van der Waals surface area contributed by atoms with Crippen LogP contribution in [0.15, 0.2) is 27.6 Å². The first kappa shape index (κ1) is 15.9. The number of rotatable bonds is 5. The summed E-state index contributed by atoms with van der Waals surface area (Å²) in [6.07, 6.45) is 0. The van der Waals surface area contributed by atoms with Crippen LogP contribution in [0.2, 0.25) is 0 Å². The molecule has 0 saturated heterocycles. The first-order chi connectivity index (χ1) is 8.78. The monoisotopic (exact) mass is 349 g/mol. The molecule has 0 aliphatic rings. The Kier molecular flexibility index (Phi) is 5.33. The lowest BCUT2D eigenvalue weighted by atomic mass is 10.3. The van der Waals surface area contributed by atoms with Crippen molar-refractivity contribution in [1.29, 1.82) is 0 Å². The molecule has 0 heterocycles. The van der Waals surface area contributed by atoms with E-state index < -0.39 is 10.0 Å². The molecule has 0 saturated carbocycles. The molecule has 0 atom stereocenters. The number of benzene rings is 1. The second-order valence-corrected chi connectivity index (χ2v) is 6.77. The Bertz CT molecular complexity index is 575. The van der Waals surface area contributed by atoms with Crippen LogP contribution < -0.4 is 11.1 Å². The highest BCUT2D eigenvalue weighted by Gasteiger charge is 2.25. The van der Waals surface area contributed by atoms with Gasteiger partial charge in [0, 0.05) is 23.8 Å². The molecule has 6 nitrogen and oxygen atoms in total. The van der Waals surface area contributed by atoms with Gasteiger partial charge in [-0.05, 0) is 41.1 Å². The number of anilines is 1. The molecule has 0 aliphatic heterocycles. The second-order valence-electron chi connectivity index (χ2n) is 3.90. The number of nitrogen functional groups attached to an aromatic ring is 1. The van der Waals surface area contributed by atoms with Crippen molar-refractivity contribution >= 4 is 37.5 Å². The molecule has 0 bridgehead atoms. The summed E-state index contributed by atoms with van der Waals surface area (Å²) in [6.45, 7) is 1.98. The van der Waals surface area contributed by atoms with Crippen LogP contribution in [0.4, 0.5) is 5.69 Å². The third-order valence-electron chi connectivity index (χ3n) is 2.38. The molecule has 19 heavy (non-hydrogen) atoms. The number of likely N-dealkylation sites (N-methyl/N-ethyl adjacent to an activating group) is 2. The Morgan fingerprint density at radius 1 is 1.47 bits per heavy atom. The fourth-order valence-corrected chi connectivity index (χ4v) is 3.51. The smallest absolute Gasteiger partial charge is 0.244 e. The second kappa shape index (κ2) is 6.36. The summed E-state index contributed by atoms with van der Waals surface area (Å²) < 4.78 is 26.0. The minimum atomic E-state index is -3.76. The van der Waals surface area contributed by atoms with Crippen molar-refractivity contribution in [3.8, 4) is 0 Å². The zero-order chi connectivity index (χ0) is 14.6. The highest BCUT2D eigenvalue weighted by Crippen LogP contribution is 2.26. The summed E-state index contributed by atoms with van der Waals surface area (Å²) in [7, 11) is -2.41. The first-order valence-corrected chi connectivity index (χ1v) is 7.80. The molecule has 0 radical (unpaired) electrons. The summed E-state index contributed by atoms with van der Waals surface area (Å²) in [5, 5.41) is 2.54. The molecule has 0 unspecified atom stereocenters. The van der Waals surface area contributed by atoms with Crippen LogP contribution in [-0.2, 0) is 14.8 Å². The summed E-state index contributed by atoms with van der Waals surface area (Å²) in [5.74, 6) is -0.353. The number of sulfonamides is 1. The van der Waals surface area contributed by atoms with Crippen LogP contribution in [-0.4, -0.2) is 38.8 Å². The Morgan fingerprint density at radius 3 is 2.68 bits per heavy atom. The fourth-order valence-electron chi connectivity index (χ4n) is 1.43. The lowest BCUT2D eigenvalue weighted by molar-refractivity contribution is -0.121. The van der Waals surface area contributed by atoms with Gasteiger partial charge >= 0.3 is 0 Å². The minimum Gasteiger partial charge on any atom is -0.399 e. The van der Waals surface area contributed by atoms with Crippen molar-refractivity contribution < 1.29 is 13.2 Å². The van der Waals surface area contributed by atoms with E-state index in [4.69, 9.17) is 5.73 Å². The Hall–Kier alpha value is -1.12. The molecule has 106 valence electrons. The molecule has 1 amide bonds. The fraction of sp³-hybridized carbons (Fsp3) is 0.364. The largest absolute Gasteiger partial charge is 0.399 e. The van der Waals surface area contributed by atoms with Crippen LogP contribution in [0.5, 0.6) is 0 Å². The van der Waals surface area contributed by atoms with Gasteiger partial charge in [0.05, 0.1) is 11.4 Å². The number of amides is 1. The van der Waals surface area contributed by atoms with Crippen molar-refractivity contribution in [2.45, 2.75) is 11.8 Å². The predicted octanol–water partition coefficient (Wildman–Crippen LogP) is 0.788. The molecule has 3 N–H and O–H groups in total. The van der Waals surface area contributed by atoms with Gasteiger partial charge < -0.3 is 11.1 Å². The third-order valence-corrected chi connectivity index (χ3v) is 5.18. The van der Waals surface area contributed by atoms with E-state index in [2.05, 4.69) is 21.2 Å². The summed E-state index contributed by atoms with van der Waals surface area (Å²) in [4.78, 5) is 11.5. The number of nitrogens with two attached hydrogens (primary N) is 1. The highest BCUT2D eigenvalue weighted by atomic mass is 79.9. The number of nitrogens with one attached hydrogen (secondary N) is 1. The van der Waals surface area contributed by atoms with Gasteiger partial charge in [0.25, 0.3) is 0 Å². The molecule has 0 aromatic heterocycles. The zero-order valence-electron chi connectivity index (χ0n) is 10.7. The van der Waals surface area contributed by atoms with Gasteiger partial charge in [-0.25, -0.2) is 8.42 Å². The van der Waals surface area contributed by atoms with Gasteiger partial charge in [0.1, 0.15) is 0 Å². The van der Waals surface area contributed by atoms with Crippen LogP contribution in [0, 0.1) is 0 Å². The molecule has 0 fully saturated rings. The van der Waals surface area contributed by atoms with Crippen molar-refractivity contribution in [3.05, 3.63) is 22.7 Å². The lowest BCUT2D eigenvalue weighted by Crippen LogP contribution is -2.38. The molecule has 0 spiro atoms. The van der Waals surface area contributed by atoms with Crippen molar-refractivity contribution in [2.75, 3.05) is 25.9 Å². The topological polar surface area (TPSA) is 92.5 Å². The number of nitrogens with zero attached hydrogens (tertiary/aromatic N) is 1. The van der Waals surface area contributed by atoms with E-state index in [1.54, 1.807) is 19.1 Å². The summed E-state index contributed by atoms with van der Waals surface area (Å²) in [6, 6.07) is 4.50. The predicted molar refractivity (Wildman–Crippen MR) is 77.1 cm³/mol. The molecule has 1 aromatic rings. The Balaban J connectivity index is 3.03. The maximum Gasteiger partial charge on any atom is 0.244 e. The summed E-state index contributed by atoms with van der Waals surface area (Å²) >= 11 is 3.17. The quantitative estimate of drug-likeness (QED) is 0.768. The average Bonchev–Trinajstić information content (AvgIpc) is 2.32. The maximum absolute atomic E-state index is 12.3. The van der Waals surface area contributed by atoms with E-state index in [9.17, 15) is 13.2 Å². The molecular formula is C11H16BrN3O3S. The highest BCUT2D eigenvalue weighted by molar-refractivity contribution is 9.10. The average molecular weight is 350 g/mol. The van der Waals surface area contributed by atoms with E-state index in [0.29, 0.717) is 16.7 Å². The third kappa shape index (κ3) is 3.92. The SMILES string of the molecule is CCNC(=O)CN(C)S(=O)(=O)c1cc(N)ccc1Br. The maximum atomic E-state index is 12.3. The Labute approximate surface area is 121 Å². The van der Waals surface area contributed by atoms with E-state index in [-0.39, 0.29) is 17.3 Å². The number of hydrogen-bond acceptors (Lipinski definition) is 4. The molecule has 8 heteroatoms. The van der Waals surface area contributed by atoms with E-state index >= 15 is 0 Å². The van der Waals surface area contributed by atoms with Gasteiger partial charge in [0.2, 0.25) is 15.9 Å². The van der Waals surface area contributed by atoms with Crippen molar-refractivity contribution in [1.82, 2.24) is 9.62 Å². The van der Waals surface area contributed by atoms with Gasteiger partial charge in [-0.15, -0.1) is 0 Å². The van der Waals surface area contributed by atoms with Crippen molar-refractivity contribution in [3.63, 3.8) is 0 Å². The first-order valence-electron chi connectivity index (χ1n) is 5.57. The van der Waals surface area contributed by atoms with E-state index in [0.717, 1.165) is 4.31 Å². The van der Waals surface area contributed by atoms with E-state index in [1.807, 2.05) is 0 Å². The van der Waals surface area contributed by atoms with E-state index in [1.165, 1.54) is 13.1 Å². The van der Waals surface area contributed by atoms with Gasteiger partial charge in [-0.2, -0.15) is 4.31 Å². The number of hydrogen-bond donors (Lipinski definition) is 2. The van der Waals surface area contributed by atoms with Gasteiger partial charge in [-0.3, -0.25) is 4.79 Å². The van der Waals surface area contributed by atoms with Crippen LogP contribution in [0.25, 0.3) is 0 Å². The minimum absolute atomic E-state index is 0.0410. The standard InChI is InChI=1S/C11H16BrN3O3S/c1-3-14-11(16)7-15(2)19(17,18)10-6-8(13)4-5-9(10)12/h4-6H,3,7,13H2,1-2H3,(H,14,16). The Morgan fingerprint density at radius 2 is 2.11 bits per heavy atom. The van der Waals surface area contributed by atoms with Crippen LogP contribution in [0.3, 0.4) is 0 Å². The molecule has 0 aliphatic carbocycles. The van der Waals surface area contributed by atoms with Crippen LogP contribution in [0.1, 0.15) is 6.92 Å². The molecule has 1 rings (SSSR count). The van der Waals surface area contributed by atoms with Gasteiger partial charge in [-0.1, -0.05) is 0 Å². The van der Waals surface area contributed by atoms with Crippen molar-refractivity contribution in [2.24, 2.45) is 0 Å². The molecular weight excluding hydrogens is 334 g/mol. The van der Waals surface area contributed by atoms with Crippen LogP contribution >= 0.6 is 15.9 Å². The number of carbonyl (C=O) groups is 1. The summed E-state index contributed by atoms with van der Waals surface area (Å²) in [5.41, 5.74) is 5.93.